The number of Topliss-reactive ketones (excluding diaryl/α,β-unsaturated/α-hetero) is 1. The van der Waals surface area contributed by atoms with E-state index < -0.39 is 102 Å². The smallest absolute Gasteiger partial charge is 0.337 e. The second-order valence-corrected chi connectivity index (χ2v) is 17.6. The Kier molecular flexibility index (Phi) is 26.9. The molecule has 0 aromatic heterocycles. The summed E-state index contributed by atoms with van der Waals surface area (Å²) >= 11 is 0. The molecular formula is C33H58Ac2N2O14P2-2. The molecule has 0 saturated carbocycles. The molecule has 2 rings (SSSR count). The molecule has 0 aliphatic carbocycles. The van der Waals surface area contributed by atoms with Crippen LogP contribution in [0.4, 0.5) is 0 Å². The maximum atomic E-state index is 13.5. The molecule has 6 N–H and O–H groups in total. The number of aliphatic hydroxyl groups is 4. The summed E-state index contributed by atoms with van der Waals surface area (Å²) in [5, 5.41) is 40.3. The maximum Gasteiger partial charge on any atom is 0.337 e. The fourth-order valence-electron chi connectivity index (χ4n) is 5.31. The summed E-state index contributed by atoms with van der Waals surface area (Å²) in [4.78, 5) is 12.1. The first-order valence-electron chi connectivity index (χ1n) is 17.0. The van der Waals surface area contributed by atoms with Gasteiger partial charge in [-0.15, -0.1) is 0 Å². The van der Waals surface area contributed by atoms with Gasteiger partial charge in [0.1, 0.15) is 36.8 Å². The second kappa shape index (κ2) is 26.0. The Bertz CT molecular complexity index is 1320. The molecule has 13 unspecified atom stereocenters. The quantitative estimate of drug-likeness (QED) is 0.0942. The van der Waals surface area contributed by atoms with Crippen LogP contribution < -0.4 is 0 Å². The van der Waals surface area contributed by atoms with Gasteiger partial charge in [0.05, 0.1) is 32.0 Å². The van der Waals surface area contributed by atoms with E-state index in [1.54, 1.807) is 6.08 Å². The Labute approximate surface area is 385 Å². The van der Waals surface area contributed by atoms with E-state index in [1.807, 2.05) is 6.92 Å². The van der Waals surface area contributed by atoms with Crippen LogP contribution in [0.5, 0.6) is 0 Å². The normalized spacial score (nSPS) is 32.3. The first kappa shape index (κ1) is 54.7. The van der Waals surface area contributed by atoms with E-state index in [9.17, 15) is 34.4 Å². The van der Waals surface area contributed by atoms with Gasteiger partial charge in [0.25, 0.3) is 0 Å². The molecule has 0 bridgehead atoms. The third-order valence-electron chi connectivity index (χ3n) is 8.39. The average Bonchev–Trinajstić information content (AvgIpc) is 3.02. The fraction of sp³-hybridized carbons (Fsp3) is 0.788. The molecule has 53 heavy (non-hydrogen) atoms. The first-order chi connectivity index (χ1) is 23.7. The number of carbonyl (C=O) groups excluding carboxylic acids is 1. The van der Waals surface area contributed by atoms with Gasteiger partial charge >= 0.3 is 15.2 Å². The van der Waals surface area contributed by atoms with Gasteiger partial charge in [-0.2, -0.15) is 0 Å². The van der Waals surface area contributed by atoms with Crippen molar-refractivity contribution in [2.75, 3.05) is 33.2 Å². The van der Waals surface area contributed by atoms with E-state index in [2.05, 4.69) is 32.9 Å². The van der Waals surface area contributed by atoms with Crippen LogP contribution in [-0.2, 0) is 46.2 Å². The SMILES string of the molecule is CC(=O)C(C)OC1C([NH-])C(OP(C)(=O)OP(C)(=O)OC/C=C(/C)CC/C=C(\C)CCC=C(C)C)OC(CO)C1OC1OC(CO)C(O)C(O)C1[NH-].[Ac].[Ac]. The van der Waals surface area contributed by atoms with E-state index >= 15 is 0 Å². The summed E-state index contributed by atoms with van der Waals surface area (Å²) in [7, 11) is -8.27. The molecule has 13 atom stereocenters. The zero-order valence-electron chi connectivity index (χ0n) is 32.0. The van der Waals surface area contributed by atoms with E-state index in [0.29, 0.717) is 0 Å². The minimum Gasteiger partial charge on any atom is -0.668 e. The van der Waals surface area contributed by atoms with Crippen molar-refractivity contribution in [1.29, 1.82) is 0 Å². The van der Waals surface area contributed by atoms with Crippen molar-refractivity contribution in [2.24, 2.45) is 0 Å². The van der Waals surface area contributed by atoms with Crippen LogP contribution in [0.3, 0.4) is 0 Å². The monoisotopic (exact) mass is 1220 g/mol. The zero-order chi connectivity index (χ0) is 38.7. The van der Waals surface area contributed by atoms with E-state index in [4.69, 9.17) is 43.8 Å². The second-order valence-electron chi connectivity index (χ2n) is 13.4. The van der Waals surface area contributed by atoms with Crippen molar-refractivity contribution in [2.45, 2.75) is 135 Å². The van der Waals surface area contributed by atoms with Crippen LogP contribution in [0.15, 0.2) is 34.9 Å². The number of allylic oxidation sites excluding steroid dienone is 5. The molecule has 2 aliphatic rings. The third-order valence-corrected chi connectivity index (χ3v) is 12.0. The molecule has 2 saturated heterocycles. The predicted octanol–water partition coefficient (Wildman–Crippen LogP) is 4.85. The molecule has 2 fully saturated rings. The van der Waals surface area contributed by atoms with Crippen molar-refractivity contribution in [3.63, 3.8) is 0 Å². The Hall–Kier alpha value is 1.71. The van der Waals surface area contributed by atoms with Gasteiger partial charge in [-0.25, -0.2) is 4.31 Å². The van der Waals surface area contributed by atoms with Gasteiger partial charge in [-0.1, -0.05) is 47.0 Å². The number of ketones is 1. The number of ether oxygens (including phenoxy) is 4. The average molecular weight is 1220 g/mol. The molecule has 302 valence electrons. The minimum absolute atomic E-state index is 0. The van der Waals surface area contributed by atoms with E-state index in [0.717, 1.165) is 44.6 Å². The molecule has 20 heteroatoms. The molecule has 2 heterocycles. The van der Waals surface area contributed by atoms with Crippen LogP contribution >= 0.6 is 15.2 Å². The van der Waals surface area contributed by atoms with Crippen molar-refractivity contribution in [3.8, 4) is 0 Å². The van der Waals surface area contributed by atoms with Crippen LogP contribution in [-0.4, -0.2) is 127 Å². The molecule has 16 nitrogen and oxygen atoms in total. The summed E-state index contributed by atoms with van der Waals surface area (Å²) < 4.78 is 65.8. The van der Waals surface area contributed by atoms with Gasteiger partial charge in [0.15, 0.2) is 12.1 Å². The number of hydrogen-bond acceptors (Lipinski definition) is 14. The van der Waals surface area contributed by atoms with Gasteiger partial charge in [0.2, 0.25) is 0 Å². The summed E-state index contributed by atoms with van der Waals surface area (Å²) in [5.41, 5.74) is 20.7. The van der Waals surface area contributed by atoms with Crippen LogP contribution in [0, 0.1) is 88.1 Å². The standard InChI is InChI=1S/C33H58N2O14P2.2Ac/c1-19(2)11-9-12-20(3)13-10-14-21(4)15-16-43-50(7,41)49-51(8,42)48-33-27(35)31(44-23(6)22(5)38)30(25(18-37)46-33)47-32-26(34)29(40)28(39)24(17-36)45-32;;/h11,13,15,23-37,39-40H,9-10,12,14,16-18H2,1-8H3;;/q-2;;/b20-13+,21-15-;;. The van der Waals surface area contributed by atoms with Crippen LogP contribution in [0.25, 0.3) is 11.5 Å². The van der Waals surface area contributed by atoms with Gasteiger partial charge in [-0.3, -0.25) is 18.4 Å². The Morgan fingerprint density at radius 1 is 0.792 bits per heavy atom. The van der Waals surface area contributed by atoms with Crippen LogP contribution in [0.2, 0.25) is 0 Å². The Morgan fingerprint density at radius 2 is 1.34 bits per heavy atom. The topological polar surface area (TPSA) is 244 Å². The third kappa shape index (κ3) is 18.7. The number of nitrogens with one attached hydrogen (secondary N) is 2. The molecular weight excluding hydrogens is 1160 g/mol. The van der Waals surface area contributed by atoms with Crippen molar-refractivity contribution < 1.29 is 155 Å². The molecule has 0 aromatic carbocycles. The van der Waals surface area contributed by atoms with Crippen LogP contribution in [0.1, 0.15) is 67.2 Å². The number of hydrogen-bond donors (Lipinski definition) is 4. The van der Waals surface area contributed by atoms with E-state index in [1.165, 1.54) is 25.0 Å². The number of carbonyl (C=O) groups is 1. The Balaban J connectivity index is 0.0000135. The number of aliphatic hydroxyl groups excluding tert-OH is 4. The van der Waals surface area contributed by atoms with Crippen molar-refractivity contribution in [3.05, 3.63) is 46.4 Å². The predicted molar refractivity (Wildman–Crippen MR) is 190 cm³/mol. The fourth-order valence-corrected chi connectivity index (χ4v) is 8.71. The molecule has 0 spiro atoms. The van der Waals surface area contributed by atoms with Gasteiger partial charge in [0, 0.05) is 101 Å². The maximum absolute atomic E-state index is 13.5. The van der Waals surface area contributed by atoms with E-state index in [-0.39, 0.29) is 94.7 Å². The van der Waals surface area contributed by atoms with Gasteiger partial charge in [-0.05, 0) is 67.2 Å². The Morgan fingerprint density at radius 3 is 1.89 bits per heavy atom. The van der Waals surface area contributed by atoms with Gasteiger partial charge < -0.3 is 55.4 Å². The zero-order valence-corrected chi connectivity index (χ0v) is 43.2. The molecule has 0 aromatic rings. The first-order valence-corrected chi connectivity index (χ1v) is 21.0. The summed E-state index contributed by atoms with van der Waals surface area (Å²) in [5.74, 6) is -0.420. The molecule has 0 amide bonds. The van der Waals surface area contributed by atoms with Crippen molar-refractivity contribution >= 4 is 21.0 Å². The number of rotatable bonds is 20. The summed E-state index contributed by atoms with van der Waals surface area (Å²) in [6, 6.07) is -3.21. The van der Waals surface area contributed by atoms with Crippen molar-refractivity contribution in [1.82, 2.24) is 0 Å². The molecule has 2 aliphatic heterocycles. The summed E-state index contributed by atoms with van der Waals surface area (Å²) in [6.07, 6.45) is -3.52. The summed E-state index contributed by atoms with van der Waals surface area (Å²) in [6.45, 7) is 11.4. The minimum atomic E-state index is -4.29. The largest absolute Gasteiger partial charge is 0.668 e. The molecule has 2 radical (unpaired) electrons.